The highest BCUT2D eigenvalue weighted by molar-refractivity contribution is 7.19. The van der Waals surface area contributed by atoms with E-state index in [-0.39, 0.29) is 13.0 Å². The Bertz CT molecular complexity index is 837. The minimum Gasteiger partial charge on any atom is -0.342 e. The van der Waals surface area contributed by atoms with E-state index in [0.717, 1.165) is 30.0 Å². The van der Waals surface area contributed by atoms with Crippen LogP contribution in [-0.2, 0) is 4.79 Å². The number of hydrogen-bond donors (Lipinski definition) is 3. The lowest BCUT2D eigenvalue weighted by molar-refractivity contribution is -0.188. The maximum atomic E-state index is 12.7. The van der Waals surface area contributed by atoms with Crippen molar-refractivity contribution < 1.29 is 22.8 Å². The van der Waals surface area contributed by atoms with Crippen LogP contribution in [0, 0.1) is 6.92 Å². The van der Waals surface area contributed by atoms with Gasteiger partial charge >= 0.3 is 12.2 Å². The fourth-order valence-corrected chi connectivity index (χ4v) is 3.10. The predicted molar refractivity (Wildman–Crippen MR) is 100.0 cm³/mol. The third-order valence-corrected chi connectivity index (χ3v) is 4.88. The summed E-state index contributed by atoms with van der Waals surface area (Å²) >= 11 is 1.28. The van der Waals surface area contributed by atoms with Gasteiger partial charge in [0.2, 0.25) is 5.91 Å². The van der Waals surface area contributed by atoms with Crippen LogP contribution in [0.25, 0.3) is 10.4 Å². The maximum absolute atomic E-state index is 12.7. The number of urea groups is 1. The monoisotopic (exact) mass is 415 g/mol. The highest BCUT2D eigenvalue weighted by Gasteiger charge is 2.48. The molecule has 11 heteroatoms. The van der Waals surface area contributed by atoms with Crippen LogP contribution < -0.4 is 16.0 Å². The normalized spacial score (nSPS) is 11.8. The van der Waals surface area contributed by atoms with E-state index >= 15 is 0 Å². The third-order valence-electron chi connectivity index (χ3n) is 3.76. The molecule has 2 aromatic heterocycles. The average Bonchev–Trinajstić information content (AvgIpc) is 2.94. The number of hydrogen-bond acceptors (Lipinski definition) is 5. The van der Waals surface area contributed by atoms with E-state index in [0.29, 0.717) is 5.13 Å². The Balaban J connectivity index is 1.83. The van der Waals surface area contributed by atoms with E-state index in [2.05, 4.69) is 20.6 Å². The standard InChI is InChI=1S/C17H20F3N5O2S/c1-10-13(11-4-7-21-8-5-11)28-15(23-10)24-14(27)22-9-6-12(26)25-16(2,3)17(18,19)20/h4-5,7-8H,6,9H2,1-3H3,(H,25,26)(H2,22,23,24,27). The first-order chi connectivity index (χ1) is 13.0. The van der Waals surface area contributed by atoms with Gasteiger partial charge in [0.25, 0.3) is 0 Å². The molecule has 0 spiro atoms. The molecule has 0 aromatic carbocycles. The van der Waals surface area contributed by atoms with Gasteiger partial charge in [0, 0.05) is 25.4 Å². The van der Waals surface area contributed by atoms with Crippen LogP contribution in [0.1, 0.15) is 26.0 Å². The number of rotatable bonds is 6. The van der Waals surface area contributed by atoms with Gasteiger partial charge in [-0.05, 0) is 38.5 Å². The van der Waals surface area contributed by atoms with Gasteiger partial charge in [0.1, 0.15) is 5.54 Å². The van der Waals surface area contributed by atoms with Crippen LogP contribution in [0.3, 0.4) is 0 Å². The molecule has 2 heterocycles. The van der Waals surface area contributed by atoms with E-state index in [1.807, 2.05) is 24.4 Å². The number of carbonyl (C=O) groups excluding carboxylic acids is 2. The van der Waals surface area contributed by atoms with E-state index in [9.17, 15) is 22.8 Å². The van der Waals surface area contributed by atoms with E-state index in [4.69, 9.17) is 0 Å². The predicted octanol–water partition coefficient (Wildman–Crippen LogP) is 3.48. The summed E-state index contributed by atoms with van der Waals surface area (Å²) in [5, 5.41) is 7.23. The van der Waals surface area contributed by atoms with Gasteiger partial charge in [-0.1, -0.05) is 11.3 Å². The minimum atomic E-state index is -4.57. The van der Waals surface area contributed by atoms with E-state index in [1.165, 1.54) is 11.3 Å². The van der Waals surface area contributed by atoms with Gasteiger partial charge in [-0.15, -0.1) is 0 Å². The van der Waals surface area contributed by atoms with Gasteiger partial charge in [-0.2, -0.15) is 13.2 Å². The number of halogens is 3. The van der Waals surface area contributed by atoms with Crippen molar-refractivity contribution in [2.24, 2.45) is 0 Å². The zero-order valence-corrected chi connectivity index (χ0v) is 16.3. The van der Waals surface area contributed by atoms with Crippen molar-refractivity contribution in [2.45, 2.75) is 38.9 Å². The highest BCUT2D eigenvalue weighted by atomic mass is 32.1. The van der Waals surface area contributed by atoms with Crippen molar-refractivity contribution in [1.82, 2.24) is 20.6 Å². The number of aryl methyl sites for hydroxylation is 1. The lowest BCUT2D eigenvalue weighted by Crippen LogP contribution is -2.54. The lowest BCUT2D eigenvalue weighted by atomic mass is 10.1. The molecule has 0 bridgehead atoms. The van der Waals surface area contributed by atoms with Crippen LogP contribution in [-0.4, -0.2) is 40.2 Å². The lowest BCUT2D eigenvalue weighted by Gasteiger charge is -2.28. The summed E-state index contributed by atoms with van der Waals surface area (Å²) in [7, 11) is 0. The second-order valence-electron chi connectivity index (χ2n) is 6.47. The second kappa shape index (κ2) is 8.55. The number of nitrogens with one attached hydrogen (secondary N) is 3. The number of aromatic nitrogens is 2. The van der Waals surface area contributed by atoms with E-state index < -0.39 is 23.7 Å². The van der Waals surface area contributed by atoms with Gasteiger partial charge in [-0.3, -0.25) is 15.1 Å². The molecule has 3 N–H and O–H groups in total. The first-order valence-electron chi connectivity index (χ1n) is 8.30. The molecule has 0 aliphatic rings. The number of anilines is 1. The summed E-state index contributed by atoms with van der Waals surface area (Å²) in [6.07, 6.45) is -1.55. The van der Waals surface area contributed by atoms with Crippen molar-refractivity contribution in [2.75, 3.05) is 11.9 Å². The Labute approximate surface area is 163 Å². The zero-order valence-electron chi connectivity index (χ0n) is 15.5. The molecule has 152 valence electrons. The van der Waals surface area contributed by atoms with Crippen LogP contribution >= 0.6 is 11.3 Å². The maximum Gasteiger partial charge on any atom is 0.410 e. The molecule has 0 saturated carbocycles. The molecule has 0 aliphatic carbocycles. The molecule has 7 nitrogen and oxygen atoms in total. The summed E-state index contributed by atoms with van der Waals surface area (Å²) in [5.41, 5.74) is -0.684. The fourth-order valence-electron chi connectivity index (χ4n) is 2.13. The van der Waals surface area contributed by atoms with Crippen LogP contribution in [0.5, 0.6) is 0 Å². The quantitative estimate of drug-likeness (QED) is 0.673. The first-order valence-corrected chi connectivity index (χ1v) is 9.11. The number of pyridine rings is 1. The SMILES string of the molecule is Cc1nc(NC(=O)NCCC(=O)NC(C)(C)C(F)(F)F)sc1-c1ccncc1. The first kappa shape index (κ1) is 21.6. The molecule has 28 heavy (non-hydrogen) atoms. The number of amides is 3. The molecule has 0 atom stereocenters. The van der Waals surface area contributed by atoms with E-state index in [1.54, 1.807) is 12.4 Å². The molecular weight excluding hydrogens is 395 g/mol. The van der Waals surface area contributed by atoms with Crippen molar-refractivity contribution in [1.29, 1.82) is 0 Å². The molecule has 2 rings (SSSR count). The summed E-state index contributed by atoms with van der Waals surface area (Å²) in [5.74, 6) is -0.812. The highest BCUT2D eigenvalue weighted by Crippen LogP contribution is 2.32. The Morgan fingerprint density at radius 2 is 1.82 bits per heavy atom. The molecule has 0 fully saturated rings. The second-order valence-corrected chi connectivity index (χ2v) is 7.47. The van der Waals surface area contributed by atoms with Crippen molar-refractivity contribution in [3.63, 3.8) is 0 Å². The largest absolute Gasteiger partial charge is 0.410 e. The van der Waals surface area contributed by atoms with Gasteiger partial charge in [-0.25, -0.2) is 9.78 Å². The number of carbonyl (C=O) groups is 2. The number of nitrogens with zero attached hydrogens (tertiary/aromatic N) is 2. The smallest absolute Gasteiger partial charge is 0.342 e. The summed E-state index contributed by atoms with van der Waals surface area (Å²) in [6, 6.07) is 3.05. The van der Waals surface area contributed by atoms with Crippen molar-refractivity contribution in [3.05, 3.63) is 30.2 Å². The fraction of sp³-hybridized carbons (Fsp3) is 0.412. The Morgan fingerprint density at radius 1 is 1.18 bits per heavy atom. The van der Waals surface area contributed by atoms with Gasteiger partial charge in [0.05, 0.1) is 10.6 Å². The third kappa shape index (κ3) is 5.65. The molecule has 2 aromatic rings. The topological polar surface area (TPSA) is 96.0 Å². The average molecular weight is 415 g/mol. The number of thiazole rings is 1. The molecule has 0 saturated heterocycles. The van der Waals surface area contributed by atoms with Gasteiger partial charge < -0.3 is 10.6 Å². The summed E-state index contributed by atoms with van der Waals surface area (Å²) in [6.45, 7) is 3.43. The summed E-state index contributed by atoms with van der Waals surface area (Å²) in [4.78, 5) is 32.7. The Morgan fingerprint density at radius 3 is 2.43 bits per heavy atom. The molecule has 0 unspecified atom stereocenters. The number of alkyl halides is 3. The van der Waals surface area contributed by atoms with Crippen LogP contribution in [0.4, 0.5) is 23.1 Å². The Hall–Kier alpha value is -2.69. The molecular formula is C17H20F3N5O2S. The molecule has 0 radical (unpaired) electrons. The van der Waals surface area contributed by atoms with Gasteiger partial charge in [0.15, 0.2) is 5.13 Å². The summed E-state index contributed by atoms with van der Waals surface area (Å²) < 4.78 is 38.2. The molecule has 3 amide bonds. The Kier molecular flexibility index (Phi) is 6.60. The molecule has 0 aliphatic heterocycles. The van der Waals surface area contributed by atoms with Crippen LogP contribution in [0.2, 0.25) is 0 Å². The zero-order chi connectivity index (χ0) is 20.9. The van der Waals surface area contributed by atoms with Crippen molar-refractivity contribution >= 4 is 28.4 Å². The van der Waals surface area contributed by atoms with Crippen molar-refractivity contribution in [3.8, 4) is 10.4 Å². The van der Waals surface area contributed by atoms with Crippen LogP contribution in [0.15, 0.2) is 24.5 Å². The minimum absolute atomic E-state index is 0.118.